The number of hydrogen-bond donors (Lipinski definition) is 0. The molecule has 4 heteroatoms. The number of pyridine rings is 1. The Bertz CT molecular complexity index is 947. The summed E-state index contributed by atoms with van der Waals surface area (Å²) in [7, 11) is 0. The molecule has 21 heavy (non-hydrogen) atoms. The highest BCUT2D eigenvalue weighted by Gasteiger charge is 2.31. The first-order valence-electron chi connectivity index (χ1n) is 6.51. The van der Waals surface area contributed by atoms with Crippen molar-refractivity contribution in [2.24, 2.45) is 0 Å². The molecule has 0 radical (unpaired) electrons. The molecule has 0 amide bonds. The second-order valence-corrected chi connectivity index (χ2v) is 5.95. The largest absolute Gasteiger partial charge is 0.289 e. The lowest BCUT2D eigenvalue weighted by molar-refractivity contribution is 0.104. The van der Waals surface area contributed by atoms with Crippen molar-refractivity contribution in [3.8, 4) is 11.1 Å². The Kier molecular flexibility index (Phi) is 2.62. The van der Waals surface area contributed by atoms with Gasteiger partial charge in [0.2, 0.25) is 0 Å². The fraction of sp³-hybridized carbons (Fsp3) is 0.0588. The number of halogens is 2. The third-order valence-electron chi connectivity index (χ3n) is 3.86. The highest BCUT2D eigenvalue weighted by Crippen LogP contribution is 2.43. The van der Waals surface area contributed by atoms with E-state index < -0.39 is 0 Å². The number of fused-ring (bicyclic) bond motifs is 5. The maximum Gasteiger partial charge on any atom is 0.195 e. The van der Waals surface area contributed by atoms with Crippen molar-refractivity contribution in [2.45, 2.75) is 6.92 Å². The van der Waals surface area contributed by atoms with Crippen LogP contribution in [0, 0.1) is 6.92 Å². The van der Waals surface area contributed by atoms with E-state index in [1.54, 1.807) is 12.1 Å². The Labute approximate surface area is 131 Å². The van der Waals surface area contributed by atoms with Crippen molar-refractivity contribution in [3.05, 3.63) is 63.3 Å². The first-order chi connectivity index (χ1) is 10.1. The number of carbonyl (C=O) groups excluding carboxylic acids is 1. The lowest BCUT2D eigenvalue weighted by atomic mass is 10.0. The lowest BCUT2D eigenvalue weighted by Gasteiger charge is -2.09. The van der Waals surface area contributed by atoms with Gasteiger partial charge < -0.3 is 0 Å². The molecule has 0 saturated carbocycles. The first-order valence-corrected chi connectivity index (χ1v) is 7.27. The molecule has 0 aliphatic heterocycles. The molecule has 0 fully saturated rings. The zero-order chi connectivity index (χ0) is 14.7. The molecular formula is C17H9Cl2NO. The predicted molar refractivity (Wildman–Crippen MR) is 85.4 cm³/mol. The maximum absolute atomic E-state index is 12.8. The average molecular weight is 314 g/mol. The van der Waals surface area contributed by atoms with Crippen LogP contribution >= 0.6 is 23.2 Å². The maximum atomic E-state index is 12.8. The molecule has 1 heterocycles. The van der Waals surface area contributed by atoms with Crippen LogP contribution in [0.2, 0.25) is 10.0 Å². The molecule has 0 unspecified atom stereocenters. The van der Waals surface area contributed by atoms with E-state index in [1.807, 2.05) is 31.2 Å². The smallest absolute Gasteiger partial charge is 0.195 e. The molecule has 102 valence electrons. The normalized spacial score (nSPS) is 12.6. The molecule has 1 aliphatic rings. The van der Waals surface area contributed by atoms with E-state index in [4.69, 9.17) is 23.2 Å². The number of aromatic nitrogens is 1. The Morgan fingerprint density at radius 2 is 1.71 bits per heavy atom. The summed E-state index contributed by atoms with van der Waals surface area (Å²) in [6, 6.07) is 11.0. The fourth-order valence-corrected chi connectivity index (χ4v) is 3.54. The Hall–Kier alpha value is -1.90. The van der Waals surface area contributed by atoms with Crippen molar-refractivity contribution >= 4 is 39.9 Å². The van der Waals surface area contributed by atoms with Crippen molar-refractivity contribution in [2.75, 3.05) is 0 Å². The van der Waals surface area contributed by atoms with Gasteiger partial charge in [-0.1, -0.05) is 47.5 Å². The predicted octanol–water partition coefficient (Wildman–Crippen LogP) is 5.06. The van der Waals surface area contributed by atoms with Crippen molar-refractivity contribution in [1.82, 2.24) is 4.98 Å². The van der Waals surface area contributed by atoms with Crippen molar-refractivity contribution in [1.29, 1.82) is 0 Å². The molecule has 0 saturated heterocycles. The molecule has 0 spiro atoms. The SMILES string of the molecule is Cc1nc2c(Cl)cc(Cl)cc2c2c1-c1ccccc1C2=O. The van der Waals surface area contributed by atoms with Crippen LogP contribution in [0.3, 0.4) is 0 Å². The number of carbonyl (C=O) groups is 1. The van der Waals surface area contributed by atoms with E-state index in [-0.39, 0.29) is 5.78 Å². The summed E-state index contributed by atoms with van der Waals surface area (Å²) in [6.07, 6.45) is 0. The summed E-state index contributed by atoms with van der Waals surface area (Å²) in [5, 5.41) is 1.69. The second-order valence-electron chi connectivity index (χ2n) is 5.11. The topological polar surface area (TPSA) is 30.0 Å². The zero-order valence-corrected chi connectivity index (χ0v) is 12.6. The van der Waals surface area contributed by atoms with E-state index in [0.717, 1.165) is 16.8 Å². The summed E-state index contributed by atoms with van der Waals surface area (Å²) >= 11 is 12.3. The van der Waals surface area contributed by atoms with Crippen LogP contribution in [0.5, 0.6) is 0 Å². The molecule has 0 atom stereocenters. The third-order valence-corrected chi connectivity index (χ3v) is 4.36. The van der Waals surface area contributed by atoms with Crippen LogP contribution in [-0.4, -0.2) is 10.8 Å². The molecule has 2 nitrogen and oxygen atoms in total. The Balaban J connectivity index is 2.23. The summed E-state index contributed by atoms with van der Waals surface area (Å²) in [6.45, 7) is 1.90. The van der Waals surface area contributed by atoms with E-state index in [2.05, 4.69) is 4.98 Å². The first kappa shape index (κ1) is 12.8. The van der Waals surface area contributed by atoms with Crippen LogP contribution < -0.4 is 0 Å². The molecular weight excluding hydrogens is 305 g/mol. The molecule has 2 aromatic carbocycles. The van der Waals surface area contributed by atoms with E-state index >= 15 is 0 Å². The van der Waals surface area contributed by atoms with Gasteiger partial charge in [0, 0.05) is 32.8 Å². The van der Waals surface area contributed by atoms with Crippen molar-refractivity contribution < 1.29 is 4.79 Å². The zero-order valence-electron chi connectivity index (χ0n) is 11.1. The Morgan fingerprint density at radius 3 is 2.48 bits per heavy atom. The summed E-state index contributed by atoms with van der Waals surface area (Å²) in [5.74, 6) is 0.00873. The van der Waals surface area contributed by atoms with Gasteiger partial charge in [-0.2, -0.15) is 0 Å². The van der Waals surface area contributed by atoms with Gasteiger partial charge in [0.1, 0.15) is 0 Å². The van der Waals surface area contributed by atoms with Crippen LogP contribution in [0.25, 0.3) is 22.0 Å². The minimum Gasteiger partial charge on any atom is -0.289 e. The van der Waals surface area contributed by atoms with Gasteiger partial charge in [0.05, 0.1) is 10.5 Å². The fourth-order valence-electron chi connectivity index (χ4n) is 3.01. The van der Waals surface area contributed by atoms with E-state index in [9.17, 15) is 4.79 Å². The van der Waals surface area contributed by atoms with Gasteiger partial charge in [0.25, 0.3) is 0 Å². The van der Waals surface area contributed by atoms with E-state index in [0.29, 0.717) is 32.1 Å². The van der Waals surface area contributed by atoms with Gasteiger partial charge in [-0.15, -0.1) is 0 Å². The number of ketones is 1. The quantitative estimate of drug-likeness (QED) is 0.454. The highest BCUT2D eigenvalue weighted by molar-refractivity contribution is 6.39. The van der Waals surface area contributed by atoms with Gasteiger partial charge in [-0.3, -0.25) is 9.78 Å². The van der Waals surface area contributed by atoms with Crippen LogP contribution in [-0.2, 0) is 0 Å². The Morgan fingerprint density at radius 1 is 1.00 bits per heavy atom. The number of hydrogen-bond acceptors (Lipinski definition) is 2. The molecule has 3 aromatic rings. The second kappa shape index (κ2) is 4.30. The summed E-state index contributed by atoms with van der Waals surface area (Å²) in [5.41, 5.74) is 4.62. The van der Waals surface area contributed by atoms with Gasteiger partial charge in [-0.05, 0) is 24.6 Å². The highest BCUT2D eigenvalue weighted by atomic mass is 35.5. The van der Waals surface area contributed by atoms with Crippen LogP contribution in [0.15, 0.2) is 36.4 Å². The third kappa shape index (κ3) is 1.66. The standard InChI is InChI=1S/C17H9Cl2NO/c1-8-14-10-4-2-3-5-11(10)17(21)15(14)12-6-9(18)7-13(19)16(12)20-8/h2-7H,1H3. The molecule has 0 bridgehead atoms. The minimum atomic E-state index is 0.00873. The monoisotopic (exact) mass is 313 g/mol. The number of rotatable bonds is 0. The van der Waals surface area contributed by atoms with Crippen molar-refractivity contribution in [3.63, 3.8) is 0 Å². The average Bonchev–Trinajstić information content (AvgIpc) is 2.76. The lowest BCUT2D eigenvalue weighted by Crippen LogP contribution is -1.99. The summed E-state index contributed by atoms with van der Waals surface area (Å²) < 4.78 is 0. The number of aryl methyl sites for hydroxylation is 1. The van der Waals surface area contributed by atoms with Crippen LogP contribution in [0.1, 0.15) is 21.6 Å². The molecule has 1 aliphatic carbocycles. The van der Waals surface area contributed by atoms with E-state index in [1.165, 1.54) is 0 Å². The van der Waals surface area contributed by atoms with Gasteiger partial charge >= 0.3 is 0 Å². The van der Waals surface area contributed by atoms with Gasteiger partial charge in [0.15, 0.2) is 5.78 Å². The molecule has 0 N–H and O–H groups in total. The summed E-state index contributed by atoms with van der Waals surface area (Å²) in [4.78, 5) is 17.3. The molecule has 4 rings (SSSR count). The number of benzene rings is 2. The molecule has 1 aromatic heterocycles. The van der Waals surface area contributed by atoms with Gasteiger partial charge in [-0.25, -0.2) is 0 Å². The minimum absolute atomic E-state index is 0.00873. The number of nitrogens with zero attached hydrogens (tertiary/aromatic N) is 1. The van der Waals surface area contributed by atoms with Crippen LogP contribution in [0.4, 0.5) is 0 Å².